The van der Waals surface area contributed by atoms with Crippen molar-refractivity contribution in [1.29, 1.82) is 0 Å². The summed E-state index contributed by atoms with van der Waals surface area (Å²) >= 11 is 0. The molecule has 0 aromatic heterocycles. The first-order valence-electron chi connectivity index (χ1n) is 5.65. The summed E-state index contributed by atoms with van der Waals surface area (Å²) in [5, 5.41) is 0. The van der Waals surface area contributed by atoms with Gasteiger partial charge in [0.2, 0.25) is 0 Å². The van der Waals surface area contributed by atoms with Crippen LogP contribution in [0.25, 0.3) is 0 Å². The summed E-state index contributed by atoms with van der Waals surface area (Å²) in [6, 6.07) is 0. The third kappa shape index (κ3) is 1.84. The fraction of sp³-hybridized carbons (Fsp3) is 1.00. The Morgan fingerprint density at radius 2 is 2.00 bits per heavy atom. The maximum absolute atomic E-state index is 2.49. The second-order valence-electron chi connectivity index (χ2n) is 4.86. The van der Waals surface area contributed by atoms with E-state index < -0.39 is 0 Å². The van der Waals surface area contributed by atoms with E-state index in [0.29, 0.717) is 0 Å². The number of unbranched alkanes of at least 4 members (excludes halogenated alkanes) is 1. The molecular formula is C12H24. The predicted molar refractivity (Wildman–Crippen MR) is 55.2 cm³/mol. The van der Waals surface area contributed by atoms with Crippen molar-refractivity contribution in [3.63, 3.8) is 0 Å². The van der Waals surface area contributed by atoms with Gasteiger partial charge in [-0.05, 0) is 30.1 Å². The van der Waals surface area contributed by atoms with Crippen LogP contribution in [0.5, 0.6) is 0 Å². The van der Waals surface area contributed by atoms with Crippen molar-refractivity contribution in [2.45, 2.75) is 59.8 Å². The minimum atomic E-state index is 0.726. The molecular weight excluding hydrogens is 144 g/mol. The Bertz CT molecular complexity index is 139. The second kappa shape index (κ2) is 3.81. The van der Waals surface area contributed by atoms with Gasteiger partial charge in [-0.3, -0.25) is 0 Å². The van der Waals surface area contributed by atoms with E-state index in [2.05, 4.69) is 27.7 Å². The lowest BCUT2D eigenvalue weighted by Gasteiger charge is -2.22. The largest absolute Gasteiger partial charge is 0.0654 e. The number of rotatable bonds is 5. The van der Waals surface area contributed by atoms with Crippen molar-refractivity contribution >= 4 is 0 Å². The normalized spacial score (nSPS) is 36.5. The van der Waals surface area contributed by atoms with E-state index in [0.717, 1.165) is 17.3 Å². The van der Waals surface area contributed by atoms with Crippen molar-refractivity contribution in [1.82, 2.24) is 0 Å². The van der Waals surface area contributed by atoms with E-state index in [1.807, 2.05) is 0 Å². The Balaban J connectivity index is 2.35. The second-order valence-corrected chi connectivity index (χ2v) is 4.86. The van der Waals surface area contributed by atoms with Crippen LogP contribution in [-0.4, -0.2) is 0 Å². The molecule has 0 aliphatic heterocycles. The number of hydrogen-bond acceptors (Lipinski definition) is 0. The van der Waals surface area contributed by atoms with Gasteiger partial charge in [0.1, 0.15) is 0 Å². The van der Waals surface area contributed by atoms with Gasteiger partial charge >= 0.3 is 0 Å². The summed E-state index contributed by atoms with van der Waals surface area (Å²) in [4.78, 5) is 0. The smallest absolute Gasteiger partial charge is 0.0269 e. The van der Waals surface area contributed by atoms with Crippen LogP contribution in [0.15, 0.2) is 0 Å². The fourth-order valence-electron chi connectivity index (χ4n) is 2.62. The van der Waals surface area contributed by atoms with Crippen LogP contribution in [0.1, 0.15) is 59.8 Å². The molecule has 1 rings (SSSR count). The van der Waals surface area contributed by atoms with Gasteiger partial charge in [0.25, 0.3) is 0 Å². The first-order chi connectivity index (χ1) is 5.65. The molecule has 1 saturated carbocycles. The Hall–Kier alpha value is 0. The van der Waals surface area contributed by atoms with Gasteiger partial charge in [-0.25, -0.2) is 0 Å². The van der Waals surface area contributed by atoms with Gasteiger partial charge in [0, 0.05) is 0 Å². The van der Waals surface area contributed by atoms with Crippen LogP contribution in [0.4, 0.5) is 0 Å². The highest BCUT2D eigenvalue weighted by atomic mass is 14.6. The van der Waals surface area contributed by atoms with E-state index in [4.69, 9.17) is 0 Å². The van der Waals surface area contributed by atoms with Gasteiger partial charge in [-0.1, -0.05) is 47.0 Å². The highest BCUT2D eigenvalue weighted by molar-refractivity contribution is 5.00. The molecule has 0 bridgehead atoms. The zero-order chi connectivity index (χ0) is 9.19. The van der Waals surface area contributed by atoms with Gasteiger partial charge in [0.15, 0.2) is 0 Å². The minimum Gasteiger partial charge on any atom is -0.0654 e. The Morgan fingerprint density at radius 1 is 1.42 bits per heavy atom. The zero-order valence-electron chi connectivity index (χ0n) is 9.19. The van der Waals surface area contributed by atoms with Gasteiger partial charge in [-0.2, -0.15) is 0 Å². The standard InChI is InChI=1S/C12H24/c1-5-7-8-11(6-2)12(4)9-10(12)3/h10-11H,5-9H2,1-4H3. The third-order valence-corrected chi connectivity index (χ3v) is 4.04. The molecule has 1 aliphatic rings. The summed E-state index contributed by atoms with van der Waals surface area (Å²) in [7, 11) is 0. The quantitative estimate of drug-likeness (QED) is 0.575. The van der Waals surface area contributed by atoms with Crippen LogP contribution < -0.4 is 0 Å². The first-order valence-corrected chi connectivity index (χ1v) is 5.65. The highest BCUT2D eigenvalue weighted by Crippen LogP contribution is 2.59. The van der Waals surface area contributed by atoms with Crippen LogP contribution in [0.3, 0.4) is 0 Å². The number of hydrogen-bond donors (Lipinski definition) is 0. The van der Waals surface area contributed by atoms with Crippen LogP contribution in [0.2, 0.25) is 0 Å². The van der Waals surface area contributed by atoms with E-state index >= 15 is 0 Å². The molecule has 1 aliphatic carbocycles. The monoisotopic (exact) mass is 168 g/mol. The maximum Gasteiger partial charge on any atom is -0.0269 e. The van der Waals surface area contributed by atoms with Crippen molar-refractivity contribution < 1.29 is 0 Å². The lowest BCUT2D eigenvalue weighted by Crippen LogP contribution is -2.13. The molecule has 12 heavy (non-hydrogen) atoms. The SMILES string of the molecule is CCCCC(CC)C1(C)CC1C. The summed E-state index contributed by atoms with van der Waals surface area (Å²) in [6.07, 6.45) is 7.13. The molecule has 3 unspecified atom stereocenters. The predicted octanol–water partition coefficient (Wildman–Crippen LogP) is 4.25. The summed E-state index contributed by atoms with van der Waals surface area (Å²) in [6.45, 7) is 9.55. The summed E-state index contributed by atoms with van der Waals surface area (Å²) in [5.41, 5.74) is 0.726. The Morgan fingerprint density at radius 3 is 2.33 bits per heavy atom. The first kappa shape index (κ1) is 10.1. The van der Waals surface area contributed by atoms with Crippen molar-refractivity contribution in [2.24, 2.45) is 17.3 Å². The third-order valence-electron chi connectivity index (χ3n) is 4.04. The van der Waals surface area contributed by atoms with Gasteiger partial charge in [0.05, 0.1) is 0 Å². The molecule has 0 aromatic rings. The summed E-state index contributed by atoms with van der Waals surface area (Å²) in [5.74, 6) is 2.01. The van der Waals surface area contributed by atoms with Crippen molar-refractivity contribution in [3.05, 3.63) is 0 Å². The van der Waals surface area contributed by atoms with Gasteiger partial charge in [-0.15, -0.1) is 0 Å². The van der Waals surface area contributed by atoms with E-state index in [9.17, 15) is 0 Å². The molecule has 0 nitrogen and oxygen atoms in total. The molecule has 0 saturated heterocycles. The Kier molecular flexibility index (Phi) is 3.20. The average Bonchev–Trinajstić information content (AvgIpc) is 2.62. The molecule has 0 spiro atoms. The molecule has 0 N–H and O–H groups in total. The Labute approximate surface area is 77.7 Å². The molecule has 1 fully saturated rings. The molecule has 0 radical (unpaired) electrons. The van der Waals surface area contributed by atoms with Crippen molar-refractivity contribution in [2.75, 3.05) is 0 Å². The van der Waals surface area contributed by atoms with E-state index in [1.54, 1.807) is 0 Å². The maximum atomic E-state index is 2.49. The topological polar surface area (TPSA) is 0 Å². The van der Waals surface area contributed by atoms with Crippen LogP contribution >= 0.6 is 0 Å². The van der Waals surface area contributed by atoms with E-state index in [-0.39, 0.29) is 0 Å². The fourth-order valence-corrected chi connectivity index (χ4v) is 2.62. The average molecular weight is 168 g/mol. The van der Waals surface area contributed by atoms with Crippen LogP contribution in [-0.2, 0) is 0 Å². The molecule has 3 atom stereocenters. The minimum absolute atomic E-state index is 0.726. The molecule has 0 heteroatoms. The lowest BCUT2D eigenvalue weighted by atomic mass is 9.83. The molecule has 0 amide bonds. The van der Waals surface area contributed by atoms with Crippen LogP contribution in [0, 0.1) is 17.3 Å². The zero-order valence-corrected chi connectivity index (χ0v) is 9.19. The molecule has 0 aromatic carbocycles. The molecule has 72 valence electrons. The lowest BCUT2D eigenvalue weighted by molar-refractivity contribution is 0.276. The van der Waals surface area contributed by atoms with E-state index in [1.165, 1.54) is 32.1 Å². The highest BCUT2D eigenvalue weighted by Gasteiger charge is 2.50. The molecule has 0 heterocycles. The van der Waals surface area contributed by atoms with Crippen molar-refractivity contribution in [3.8, 4) is 0 Å². The van der Waals surface area contributed by atoms with Gasteiger partial charge < -0.3 is 0 Å². The summed E-state index contributed by atoms with van der Waals surface area (Å²) < 4.78 is 0.